The third-order valence-electron chi connectivity index (χ3n) is 4.28. The van der Waals surface area contributed by atoms with Gasteiger partial charge < -0.3 is 19.5 Å². The molecular formula is C20H21N5O5. The first kappa shape index (κ1) is 20.8. The highest BCUT2D eigenvalue weighted by Gasteiger charge is 2.19. The molecule has 0 saturated carbocycles. The van der Waals surface area contributed by atoms with E-state index in [1.165, 1.54) is 25.0 Å². The second-order valence-corrected chi connectivity index (χ2v) is 6.26. The van der Waals surface area contributed by atoms with E-state index in [1.54, 1.807) is 43.5 Å². The normalized spacial score (nSPS) is 11.4. The number of hydrogen-bond acceptors (Lipinski definition) is 8. The molecule has 0 aliphatic rings. The summed E-state index contributed by atoms with van der Waals surface area (Å²) < 4.78 is 17.1. The van der Waals surface area contributed by atoms with E-state index in [9.17, 15) is 9.59 Å². The molecule has 1 N–H and O–H groups in total. The van der Waals surface area contributed by atoms with Gasteiger partial charge in [-0.1, -0.05) is 6.07 Å². The zero-order valence-corrected chi connectivity index (χ0v) is 16.7. The molecular weight excluding hydrogens is 390 g/mol. The van der Waals surface area contributed by atoms with Gasteiger partial charge in [-0.25, -0.2) is 9.48 Å². The monoisotopic (exact) mass is 411 g/mol. The van der Waals surface area contributed by atoms with Crippen molar-refractivity contribution < 1.29 is 23.8 Å². The first-order chi connectivity index (χ1) is 14.5. The van der Waals surface area contributed by atoms with Crippen LogP contribution in [0.5, 0.6) is 11.5 Å². The fourth-order valence-electron chi connectivity index (χ4n) is 2.64. The SMILES string of the molecule is COc1ccc(CNC(=O)[C@@H](C)OC(=O)c2ccc(-n3cnnn3)cc2)cc1OC. The average molecular weight is 411 g/mol. The highest BCUT2D eigenvalue weighted by molar-refractivity contribution is 5.92. The van der Waals surface area contributed by atoms with Crippen LogP contribution in [0.25, 0.3) is 5.69 Å². The molecule has 0 radical (unpaired) electrons. The second kappa shape index (κ2) is 9.50. The van der Waals surface area contributed by atoms with Crippen molar-refractivity contribution in [1.82, 2.24) is 25.5 Å². The minimum atomic E-state index is -0.961. The summed E-state index contributed by atoms with van der Waals surface area (Å²) in [6.45, 7) is 1.76. The topological polar surface area (TPSA) is 117 Å². The number of hydrogen-bond donors (Lipinski definition) is 1. The lowest BCUT2D eigenvalue weighted by Gasteiger charge is -2.14. The Kier molecular flexibility index (Phi) is 6.58. The predicted molar refractivity (Wildman–Crippen MR) is 105 cm³/mol. The van der Waals surface area contributed by atoms with Gasteiger partial charge in [0.15, 0.2) is 17.6 Å². The van der Waals surface area contributed by atoms with Gasteiger partial charge in [-0.15, -0.1) is 5.10 Å². The van der Waals surface area contributed by atoms with E-state index >= 15 is 0 Å². The maximum Gasteiger partial charge on any atom is 0.338 e. The van der Waals surface area contributed by atoms with Crippen molar-refractivity contribution in [1.29, 1.82) is 0 Å². The van der Waals surface area contributed by atoms with Gasteiger partial charge in [-0.3, -0.25) is 4.79 Å². The molecule has 0 spiro atoms. The molecule has 156 valence electrons. The molecule has 0 fully saturated rings. The first-order valence-corrected chi connectivity index (χ1v) is 9.05. The summed E-state index contributed by atoms with van der Waals surface area (Å²) in [5.74, 6) is 0.144. The van der Waals surface area contributed by atoms with Crippen molar-refractivity contribution in [3.05, 3.63) is 59.9 Å². The van der Waals surface area contributed by atoms with Gasteiger partial charge >= 0.3 is 5.97 Å². The fraction of sp³-hybridized carbons (Fsp3) is 0.250. The number of benzene rings is 2. The lowest BCUT2D eigenvalue weighted by molar-refractivity contribution is -0.129. The van der Waals surface area contributed by atoms with Gasteiger partial charge in [0.1, 0.15) is 6.33 Å². The zero-order chi connectivity index (χ0) is 21.5. The van der Waals surface area contributed by atoms with Gasteiger partial charge in [0.2, 0.25) is 0 Å². The summed E-state index contributed by atoms with van der Waals surface area (Å²) in [6.07, 6.45) is 0.481. The Labute approximate surface area is 172 Å². The molecule has 2 aromatic carbocycles. The molecule has 0 aliphatic carbocycles. The molecule has 0 bridgehead atoms. The summed E-state index contributed by atoms with van der Waals surface area (Å²) in [7, 11) is 3.09. The number of ether oxygens (including phenoxy) is 3. The Balaban J connectivity index is 1.54. The van der Waals surface area contributed by atoms with E-state index in [4.69, 9.17) is 14.2 Å². The van der Waals surface area contributed by atoms with Crippen LogP contribution in [-0.2, 0) is 16.1 Å². The minimum absolute atomic E-state index is 0.252. The Morgan fingerprint density at radius 2 is 1.80 bits per heavy atom. The quantitative estimate of drug-likeness (QED) is 0.555. The smallest absolute Gasteiger partial charge is 0.338 e. The fourth-order valence-corrected chi connectivity index (χ4v) is 2.64. The van der Waals surface area contributed by atoms with Crippen molar-refractivity contribution in [3.8, 4) is 17.2 Å². The Morgan fingerprint density at radius 3 is 2.43 bits per heavy atom. The van der Waals surface area contributed by atoms with Gasteiger partial charge in [-0.2, -0.15) is 0 Å². The Bertz CT molecular complexity index is 1000. The predicted octanol–water partition coefficient (Wildman–Crippen LogP) is 1.54. The van der Waals surface area contributed by atoms with Crippen LogP contribution < -0.4 is 14.8 Å². The molecule has 10 nitrogen and oxygen atoms in total. The van der Waals surface area contributed by atoms with E-state index in [0.29, 0.717) is 22.7 Å². The van der Waals surface area contributed by atoms with Crippen LogP contribution in [0.2, 0.25) is 0 Å². The number of amides is 1. The first-order valence-electron chi connectivity index (χ1n) is 9.05. The van der Waals surface area contributed by atoms with Crippen LogP contribution in [0.15, 0.2) is 48.8 Å². The molecule has 1 amide bonds. The number of methoxy groups -OCH3 is 2. The third kappa shape index (κ3) is 4.90. The van der Waals surface area contributed by atoms with Gasteiger partial charge in [0.25, 0.3) is 5.91 Å². The van der Waals surface area contributed by atoms with Crippen molar-refractivity contribution in [2.24, 2.45) is 0 Å². The number of tetrazole rings is 1. The highest BCUT2D eigenvalue weighted by Crippen LogP contribution is 2.27. The summed E-state index contributed by atoms with van der Waals surface area (Å²) in [5, 5.41) is 13.6. The van der Waals surface area contributed by atoms with Gasteiger partial charge in [0, 0.05) is 6.54 Å². The number of rotatable bonds is 8. The zero-order valence-electron chi connectivity index (χ0n) is 16.7. The summed E-state index contributed by atoms with van der Waals surface area (Å²) in [5.41, 5.74) is 1.82. The maximum atomic E-state index is 12.3. The highest BCUT2D eigenvalue weighted by atomic mass is 16.5. The maximum absolute atomic E-state index is 12.3. The number of carbonyl (C=O) groups is 2. The average Bonchev–Trinajstić information content (AvgIpc) is 3.32. The van der Waals surface area contributed by atoms with E-state index in [2.05, 4.69) is 20.8 Å². The van der Waals surface area contributed by atoms with E-state index in [-0.39, 0.29) is 6.54 Å². The molecule has 0 saturated heterocycles. The molecule has 0 unspecified atom stereocenters. The number of esters is 1. The van der Waals surface area contributed by atoms with Crippen LogP contribution in [-0.4, -0.2) is 52.4 Å². The van der Waals surface area contributed by atoms with Gasteiger partial charge in [-0.05, 0) is 59.3 Å². The van der Waals surface area contributed by atoms with Crippen LogP contribution >= 0.6 is 0 Å². The van der Waals surface area contributed by atoms with Crippen LogP contribution in [0.1, 0.15) is 22.8 Å². The van der Waals surface area contributed by atoms with E-state index in [1.807, 2.05) is 6.07 Å². The minimum Gasteiger partial charge on any atom is -0.493 e. The second-order valence-electron chi connectivity index (χ2n) is 6.26. The number of aromatic nitrogens is 4. The van der Waals surface area contributed by atoms with E-state index < -0.39 is 18.0 Å². The van der Waals surface area contributed by atoms with Crippen LogP contribution in [0, 0.1) is 0 Å². The number of nitrogens with zero attached hydrogens (tertiary/aromatic N) is 4. The molecule has 3 rings (SSSR count). The lowest BCUT2D eigenvalue weighted by Crippen LogP contribution is -2.35. The van der Waals surface area contributed by atoms with Gasteiger partial charge in [0.05, 0.1) is 25.5 Å². The standard InChI is InChI=1S/C20H21N5O5/c1-13(19(26)21-11-14-4-9-17(28-2)18(10-14)29-3)30-20(27)15-5-7-16(8-6-15)25-12-22-23-24-25/h4-10,12-13H,11H2,1-3H3,(H,21,26)/t13-/m1/s1. The summed E-state index contributed by atoms with van der Waals surface area (Å²) in [4.78, 5) is 24.6. The molecule has 30 heavy (non-hydrogen) atoms. The third-order valence-corrected chi connectivity index (χ3v) is 4.28. The van der Waals surface area contributed by atoms with Crippen LogP contribution in [0.4, 0.5) is 0 Å². The lowest BCUT2D eigenvalue weighted by atomic mass is 10.2. The summed E-state index contributed by atoms with van der Waals surface area (Å²) >= 11 is 0. The van der Waals surface area contributed by atoms with Crippen molar-refractivity contribution in [2.75, 3.05) is 14.2 Å². The van der Waals surface area contributed by atoms with Crippen molar-refractivity contribution in [3.63, 3.8) is 0 Å². The Hall–Kier alpha value is -3.95. The molecule has 1 heterocycles. The Morgan fingerprint density at radius 1 is 1.07 bits per heavy atom. The number of nitrogens with one attached hydrogen (secondary N) is 1. The van der Waals surface area contributed by atoms with Crippen LogP contribution in [0.3, 0.4) is 0 Å². The molecule has 0 aliphatic heterocycles. The van der Waals surface area contributed by atoms with Crippen molar-refractivity contribution in [2.45, 2.75) is 19.6 Å². The largest absolute Gasteiger partial charge is 0.493 e. The molecule has 3 aromatic rings. The van der Waals surface area contributed by atoms with E-state index in [0.717, 1.165) is 5.56 Å². The summed E-state index contributed by atoms with van der Waals surface area (Å²) in [6, 6.07) is 11.8. The molecule has 1 aromatic heterocycles. The molecule has 10 heteroatoms. The molecule has 1 atom stereocenters. The number of carbonyl (C=O) groups excluding carboxylic acids is 2. The van der Waals surface area contributed by atoms with Crippen molar-refractivity contribution >= 4 is 11.9 Å².